The fourth-order valence-corrected chi connectivity index (χ4v) is 4.30. The van der Waals surface area contributed by atoms with Crippen LogP contribution in [0.2, 0.25) is 0 Å². The molecule has 1 aliphatic rings. The van der Waals surface area contributed by atoms with E-state index in [-0.39, 0.29) is 10.8 Å². The molecule has 1 aromatic carbocycles. The Labute approximate surface area is 164 Å². The van der Waals surface area contributed by atoms with Crippen molar-refractivity contribution in [2.45, 2.75) is 71.3 Å². The van der Waals surface area contributed by atoms with Gasteiger partial charge in [0.25, 0.3) is 0 Å². The van der Waals surface area contributed by atoms with Gasteiger partial charge in [-0.2, -0.15) is 0 Å². The topological polar surface area (TPSA) is 37.6 Å². The van der Waals surface area contributed by atoms with Crippen molar-refractivity contribution in [3.05, 3.63) is 58.9 Å². The summed E-state index contributed by atoms with van der Waals surface area (Å²) in [6.07, 6.45) is 6.36. The summed E-state index contributed by atoms with van der Waals surface area (Å²) in [5.74, 6) is 0.462. The van der Waals surface area contributed by atoms with Crippen molar-refractivity contribution < 1.29 is 10.0 Å². The molecule has 3 nitrogen and oxygen atoms in total. The SMILES string of the molecule is CC(C)(C)c1cc([C@H](c2ccncc2)[NH+]2CCCC2)cc(C(C)(C)C)c1O. The molecule has 1 atom stereocenters. The van der Waals surface area contributed by atoms with Crippen LogP contribution in [0.5, 0.6) is 5.75 Å². The molecular weight excluding hydrogens is 332 g/mol. The molecule has 0 saturated carbocycles. The molecular formula is C24H35N2O+. The molecule has 2 N–H and O–H groups in total. The Morgan fingerprint density at radius 2 is 1.33 bits per heavy atom. The van der Waals surface area contributed by atoms with Crippen molar-refractivity contribution in [3.8, 4) is 5.75 Å². The van der Waals surface area contributed by atoms with Crippen molar-refractivity contribution in [2.75, 3.05) is 13.1 Å². The van der Waals surface area contributed by atoms with Crippen LogP contribution in [0.3, 0.4) is 0 Å². The second kappa shape index (κ2) is 7.27. The van der Waals surface area contributed by atoms with Crippen LogP contribution in [0.25, 0.3) is 0 Å². The van der Waals surface area contributed by atoms with Crippen molar-refractivity contribution in [1.82, 2.24) is 4.98 Å². The van der Waals surface area contributed by atoms with E-state index >= 15 is 0 Å². The second-order valence-corrected chi connectivity index (χ2v) is 10.0. The summed E-state index contributed by atoms with van der Waals surface area (Å²) < 4.78 is 0. The van der Waals surface area contributed by atoms with Gasteiger partial charge in [0.1, 0.15) is 11.8 Å². The van der Waals surface area contributed by atoms with Gasteiger partial charge >= 0.3 is 0 Å². The molecule has 1 aliphatic heterocycles. The van der Waals surface area contributed by atoms with Crippen LogP contribution in [0.4, 0.5) is 0 Å². The number of quaternary nitrogens is 1. The van der Waals surface area contributed by atoms with Crippen molar-refractivity contribution >= 4 is 0 Å². The van der Waals surface area contributed by atoms with Crippen LogP contribution >= 0.6 is 0 Å². The summed E-state index contributed by atoms with van der Waals surface area (Å²) in [5, 5.41) is 11.1. The average molecular weight is 368 g/mol. The fourth-order valence-electron chi connectivity index (χ4n) is 4.30. The normalized spacial score (nSPS) is 17.3. The second-order valence-electron chi connectivity index (χ2n) is 10.0. The minimum absolute atomic E-state index is 0.108. The number of likely N-dealkylation sites (tertiary alicyclic amines) is 1. The van der Waals surface area contributed by atoms with E-state index in [1.165, 1.54) is 37.1 Å². The molecule has 0 amide bonds. The van der Waals surface area contributed by atoms with E-state index in [0.717, 1.165) is 11.1 Å². The van der Waals surface area contributed by atoms with Crippen LogP contribution in [-0.4, -0.2) is 23.2 Å². The van der Waals surface area contributed by atoms with E-state index in [9.17, 15) is 5.11 Å². The Kier molecular flexibility index (Phi) is 5.36. The summed E-state index contributed by atoms with van der Waals surface area (Å²) in [7, 11) is 0. The van der Waals surface area contributed by atoms with E-state index in [2.05, 4.69) is 70.8 Å². The van der Waals surface area contributed by atoms with Gasteiger partial charge in [-0.3, -0.25) is 4.98 Å². The third kappa shape index (κ3) is 4.19. The first kappa shape index (κ1) is 19.9. The summed E-state index contributed by atoms with van der Waals surface area (Å²) >= 11 is 0. The Hall–Kier alpha value is -1.87. The molecule has 146 valence electrons. The standard InChI is InChI=1S/C24H34N2O/c1-23(2,3)19-15-18(16-20(22(19)27)24(4,5)6)21(26-13-7-8-14-26)17-9-11-25-12-10-17/h9-12,15-16,21,27H,7-8,13-14H2,1-6H3/p+1/t21-/m0/s1. The highest BCUT2D eigenvalue weighted by Gasteiger charge is 2.33. The number of rotatable bonds is 3. The van der Waals surface area contributed by atoms with Crippen LogP contribution < -0.4 is 4.90 Å². The van der Waals surface area contributed by atoms with E-state index in [0.29, 0.717) is 11.8 Å². The van der Waals surface area contributed by atoms with Gasteiger partial charge in [-0.25, -0.2) is 0 Å². The lowest BCUT2D eigenvalue weighted by Crippen LogP contribution is -3.10. The maximum absolute atomic E-state index is 11.1. The van der Waals surface area contributed by atoms with Crippen LogP contribution in [0.1, 0.15) is 82.7 Å². The molecule has 1 saturated heterocycles. The third-order valence-electron chi connectivity index (χ3n) is 5.78. The lowest BCUT2D eigenvalue weighted by molar-refractivity contribution is -0.913. The molecule has 2 heterocycles. The number of phenolic OH excluding ortho intramolecular Hbond substituents is 1. The van der Waals surface area contributed by atoms with Gasteiger partial charge in [0.15, 0.2) is 0 Å². The van der Waals surface area contributed by atoms with Crippen molar-refractivity contribution in [1.29, 1.82) is 0 Å². The number of phenols is 1. The molecule has 3 heteroatoms. The van der Waals surface area contributed by atoms with Gasteiger partial charge in [-0.1, -0.05) is 41.5 Å². The predicted octanol–water partition coefficient (Wildman–Crippen LogP) is 4.15. The minimum atomic E-state index is -0.108. The molecule has 0 unspecified atom stereocenters. The first-order valence-corrected chi connectivity index (χ1v) is 10.2. The molecule has 0 aliphatic carbocycles. The van der Waals surface area contributed by atoms with E-state index < -0.39 is 0 Å². The molecule has 0 spiro atoms. The Morgan fingerprint density at radius 1 is 0.852 bits per heavy atom. The van der Waals surface area contributed by atoms with Gasteiger partial charge in [-0.15, -0.1) is 0 Å². The summed E-state index contributed by atoms with van der Waals surface area (Å²) in [4.78, 5) is 5.84. The highest BCUT2D eigenvalue weighted by Crippen LogP contribution is 2.41. The quantitative estimate of drug-likeness (QED) is 0.855. The number of aromatic hydroxyl groups is 1. The maximum Gasteiger partial charge on any atom is 0.139 e. The molecule has 0 bridgehead atoms. The zero-order valence-electron chi connectivity index (χ0n) is 17.8. The minimum Gasteiger partial charge on any atom is -0.507 e. The van der Waals surface area contributed by atoms with Crippen LogP contribution in [0.15, 0.2) is 36.7 Å². The molecule has 3 rings (SSSR count). The molecule has 1 fully saturated rings. The van der Waals surface area contributed by atoms with Gasteiger partial charge in [0, 0.05) is 47.5 Å². The summed E-state index contributed by atoms with van der Waals surface area (Å²) in [5.41, 5.74) is 4.50. The van der Waals surface area contributed by atoms with Gasteiger partial charge in [0.2, 0.25) is 0 Å². The van der Waals surface area contributed by atoms with E-state index in [1.54, 1.807) is 4.90 Å². The largest absolute Gasteiger partial charge is 0.507 e. The number of nitrogens with zero attached hydrogens (tertiary/aromatic N) is 1. The first-order chi connectivity index (χ1) is 12.6. The predicted molar refractivity (Wildman–Crippen MR) is 112 cm³/mol. The Balaban J connectivity index is 2.22. The smallest absolute Gasteiger partial charge is 0.139 e. The number of benzene rings is 1. The Morgan fingerprint density at radius 3 is 1.78 bits per heavy atom. The fraction of sp³-hybridized carbons (Fsp3) is 0.542. The summed E-state index contributed by atoms with van der Waals surface area (Å²) in [6, 6.07) is 9.09. The number of aromatic nitrogens is 1. The molecule has 2 aromatic rings. The summed E-state index contributed by atoms with van der Waals surface area (Å²) in [6.45, 7) is 15.5. The lowest BCUT2D eigenvalue weighted by Gasteiger charge is -2.31. The van der Waals surface area contributed by atoms with Crippen molar-refractivity contribution in [2.24, 2.45) is 0 Å². The van der Waals surface area contributed by atoms with Gasteiger partial charge in [-0.05, 0) is 35.1 Å². The lowest BCUT2D eigenvalue weighted by atomic mass is 9.77. The highest BCUT2D eigenvalue weighted by atomic mass is 16.3. The van der Waals surface area contributed by atoms with Gasteiger partial charge < -0.3 is 10.0 Å². The van der Waals surface area contributed by atoms with E-state index in [1.807, 2.05) is 12.4 Å². The Bertz CT molecular complexity index is 743. The zero-order chi connectivity index (χ0) is 19.8. The monoisotopic (exact) mass is 367 g/mol. The average Bonchev–Trinajstić information content (AvgIpc) is 3.09. The number of pyridine rings is 1. The third-order valence-corrected chi connectivity index (χ3v) is 5.78. The number of hydrogen-bond acceptors (Lipinski definition) is 2. The number of nitrogens with one attached hydrogen (secondary N) is 1. The first-order valence-electron chi connectivity index (χ1n) is 10.2. The highest BCUT2D eigenvalue weighted by molar-refractivity contribution is 5.51. The zero-order valence-corrected chi connectivity index (χ0v) is 17.8. The molecule has 1 aromatic heterocycles. The van der Waals surface area contributed by atoms with Gasteiger partial charge in [0.05, 0.1) is 13.1 Å². The number of hydrogen-bond donors (Lipinski definition) is 2. The molecule has 27 heavy (non-hydrogen) atoms. The maximum atomic E-state index is 11.1. The van der Waals surface area contributed by atoms with Crippen molar-refractivity contribution in [3.63, 3.8) is 0 Å². The molecule has 0 radical (unpaired) electrons. The van der Waals surface area contributed by atoms with E-state index in [4.69, 9.17) is 0 Å². The van der Waals surface area contributed by atoms with Crippen LogP contribution in [0, 0.1) is 0 Å². The van der Waals surface area contributed by atoms with Crippen LogP contribution in [-0.2, 0) is 10.8 Å².